The van der Waals surface area contributed by atoms with Crippen molar-refractivity contribution < 1.29 is 76.7 Å². The van der Waals surface area contributed by atoms with Gasteiger partial charge in [0.2, 0.25) is 23.6 Å². The SMILES string of the molecule is CC(C)(C)OC(=O)CCOCCCCCCCCCOc1cccc2c1C(=O)N(C1CCC(=O)NC1=O)C2=O.O=C(O)CCOCCCCCCCCCOc1cccc2c1C(=O)N(C1CCC(=O)NC1=O)C2=O. The van der Waals surface area contributed by atoms with Gasteiger partial charge < -0.3 is 28.8 Å². The summed E-state index contributed by atoms with van der Waals surface area (Å²) in [6.07, 6.45) is 14.8. The minimum atomic E-state index is -0.996. The molecule has 74 heavy (non-hydrogen) atoms. The van der Waals surface area contributed by atoms with Crippen LogP contribution < -0.4 is 20.1 Å². The fraction of sp³-hybridized carbons (Fsp3) is 0.593. The summed E-state index contributed by atoms with van der Waals surface area (Å²) < 4.78 is 27.7. The largest absolute Gasteiger partial charge is 0.493 e. The van der Waals surface area contributed by atoms with Crippen LogP contribution in [0.4, 0.5) is 0 Å². The fourth-order valence-electron chi connectivity index (χ4n) is 8.86. The van der Waals surface area contributed by atoms with Gasteiger partial charge in [-0.2, -0.15) is 0 Å². The lowest BCUT2D eigenvalue weighted by Crippen LogP contribution is -2.54. The lowest BCUT2D eigenvalue weighted by Gasteiger charge is -2.27. The number of nitrogens with one attached hydrogen (secondary N) is 2. The third kappa shape index (κ3) is 17.6. The van der Waals surface area contributed by atoms with Gasteiger partial charge in [0, 0.05) is 26.1 Å². The van der Waals surface area contributed by atoms with Crippen LogP contribution in [0.1, 0.15) is 191 Å². The highest BCUT2D eigenvalue weighted by Crippen LogP contribution is 2.35. The van der Waals surface area contributed by atoms with Gasteiger partial charge in [-0.25, -0.2) is 0 Å². The number of aliphatic carboxylic acids is 1. The first-order valence-corrected chi connectivity index (χ1v) is 26.0. The number of nitrogens with zero attached hydrogens (tertiary/aromatic N) is 2. The molecule has 2 fully saturated rings. The minimum Gasteiger partial charge on any atom is -0.493 e. The average molecular weight is 1030 g/mol. The maximum Gasteiger partial charge on any atom is 0.308 e. The molecule has 2 atom stereocenters. The van der Waals surface area contributed by atoms with Gasteiger partial charge >= 0.3 is 11.9 Å². The number of fused-ring (bicyclic) bond motifs is 2. The van der Waals surface area contributed by atoms with Crippen molar-refractivity contribution in [3.8, 4) is 11.5 Å². The van der Waals surface area contributed by atoms with E-state index < -0.39 is 70.9 Å². The van der Waals surface area contributed by atoms with Crippen LogP contribution in [0.25, 0.3) is 0 Å². The Bertz CT molecular complexity index is 2340. The van der Waals surface area contributed by atoms with Gasteiger partial charge in [0.15, 0.2) is 0 Å². The molecule has 20 heteroatoms. The number of hydrogen-bond acceptors (Lipinski definition) is 15. The van der Waals surface area contributed by atoms with E-state index in [1.165, 1.54) is 0 Å². The zero-order valence-corrected chi connectivity index (χ0v) is 43.0. The van der Waals surface area contributed by atoms with Gasteiger partial charge in [-0.1, -0.05) is 76.3 Å². The molecule has 8 amide bonds. The lowest BCUT2D eigenvalue weighted by molar-refractivity contribution is -0.156. The molecule has 6 rings (SSSR count). The molecule has 0 aromatic heterocycles. The Labute approximate surface area is 431 Å². The molecule has 0 bridgehead atoms. The maximum absolute atomic E-state index is 13.1. The van der Waals surface area contributed by atoms with E-state index in [-0.39, 0.29) is 73.4 Å². The number of unbranched alkanes of at least 4 members (excludes halogenated alkanes) is 12. The van der Waals surface area contributed by atoms with Crippen molar-refractivity contribution in [3.05, 3.63) is 58.7 Å². The Kier molecular flexibility index (Phi) is 23.2. The van der Waals surface area contributed by atoms with Crippen LogP contribution in [-0.2, 0) is 43.0 Å². The summed E-state index contributed by atoms with van der Waals surface area (Å²) in [4.78, 5) is 123. The van der Waals surface area contributed by atoms with E-state index in [2.05, 4.69) is 10.6 Å². The Morgan fingerprint density at radius 1 is 0.527 bits per heavy atom. The van der Waals surface area contributed by atoms with Crippen molar-refractivity contribution in [1.29, 1.82) is 0 Å². The number of hydrogen-bond donors (Lipinski definition) is 3. The van der Waals surface area contributed by atoms with Crippen molar-refractivity contribution in [3.63, 3.8) is 0 Å². The van der Waals surface area contributed by atoms with Crippen LogP contribution >= 0.6 is 0 Å². The first-order valence-electron chi connectivity index (χ1n) is 26.0. The van der Waals surface area contributed by atoms with Gasteiger partial charge in [-0.3, -0.25) is 68.4 Å². The summed E-state index contributed by atoms with van der Waals surface area (Å²) in [6.45, 7) is 8.24. The van der Waals surface area contributed by atoms with Crippen LogP contribution in [0, 0.1) is 0 Å². The lowest BCUT2D eigenvalue weighted by atomic mass is 10.0. The number of carbonyl (C=O) groups excluding carboxylic acids is 9. The summed E-state index contributed by atoms with van der Waals surface area (Å²) in [5.74, 6) is -4.70. The Hall–Kier alpha value is -6.54. The summed E-state index contributed by atoms with van der Waals surface area (Å²) in [5.41, 5.74) is 0.319. The second-order valence-corrected chi connectivity index (χ2v) is 19.6. The number of piperidine rings is 2. The third-order valence-electron chi connectivity index (χ3n) is 12.6. The van der Waals surface area contributed by atoms with Gasteiger partial charge in [-0.05, 0) is 83.6 Å². The molecule has 2 aromatic rings. The van der Waals surface area contributed by atoms with E-state index in [1.54, 1.807) is 36.4 Å². The van der Waals surface area contributed by atoms with E-state index in [0.717, 1.165) is 99.7 Å². The average Bonchev–Trinajstić information content (AvgIpc) is 3.75. The van der Waals surface area contributed by atoms with Gasteiger partial charge in [0.05, 0.1) is 61.5 Å². The van der Waals surface area contributed by atoms with Crippen LogP contribution in [0.15, 0.2) is 36.4 Å². The number of amides is 8. The molecule has 4 heterocycles. The normalized spacial score (nSPS) is 17.4. The Morgan fingerprint density at radius 3 is 1.28 bits per heavy atom. The summed E-state index contributed by atoms with van der Waals surface area (Å²) in [7, 11) is 0. The smallest absolute Gasteiger partial charge is 0.308 e. The van der Waals surface area contributed by atoms with Crippen molar-refractivity contribution >= 4 is 59.2 Å². The molecule has 4 aliphatic rings. The number of carboxylic acids is 1. The topological polar surface area (TPSA) is 268 Å². The van der Waals surface area contributed by atoms with E-state index in [9.17, 15) is 47.9 Å². The zero-order valence-electron chi connectivity index (χ0n) is 43.0. The Morgan fingerprint density at radius 2 is 0.905 bits per heavy atom. The van der Waals surface area contributed by atoms with E-state index in [0.29, 0.717) is 44.5 Å². The van der Waals surface area contributed by atoms with Gasteiger partial charge in [0.1, 0.15) is 29.2 Å². The second-order valence-electron chi connectivity index (χ2n) is 19.6. The van der Waals surface area contributed by atoms with Crippen molar-refractivity contribution in [2.75, 3.05) is 39.6 Å². The predicted molar refractivity (Wildman–Crippen MR) is 266 cm³/mol. The van der Waals surface area contributed by atoms with Crippen molar-refractivity contribution in [2.45, 2.75) is 167 Å². The number of carboxylic acid groups (broad SMARTS) is 1. The first kappa shape index (κ1) is 58.4. The number of esters is 1. The molecule has 2 saturated heterocycles. The monoisotopic (exact) mass is 1030 g/mol. The standard InChI is InChI=1S/C29H40N2O8.C25H32N2O8/c1-29(2,3)39-24(33)16-19-37-17-9-7-5-4-6-8-10-18-38-22-13-11-12-20-25(22)28(36)31(27(20)35)21-14-15-23(32)30-26(21)34;28-20-12-11-18(23(31)26-20)27-24(32)17-9-8-10-19(22(17)25(27)33)35-15-7-5-3-1-2-4-6-14-34-16-13-21(29)30/h11-13,21H,4-10,14-19H2,1-3H3,(H,30,32,34);8-10,18H,1-7,11-16H2,(H,29,30)(H,26,28,31). The van der Waals surface area contributed by atoms with Crippen LogP contribution in [0.5, 0.6) is 11.5 Å². The number of rotatable bonds is 30. The van der Waals surface area contributed by atoms with Crippen molar-refractivity contribution in [2.24, 2.45) is 0 Å². The molecule has 20 nitrogen and oxygen atoms in total. The van der Waals surface area contributed by atoms with E-state index in [1.807, 2.05) is 20.8 Å². The fourth-order valence-corrected chi connectivity index (χ4v) is 8.86. The van der Waals surface area contributed by atoms with Gasteiger partial charge in [0.25, 0.3) is 23.6 Å². The summed E-state index contributed by atoms with van der Waals surface area (Å²) in [6, 6.07) is 7.74. The molecular weight excluding hydrogens is 961 g/mol. The number of imide groups is 4. The molecule has 0 saturated carbocycles. The molecule has 2 unspecified atom stereocenters. The summed E-state index contributed by atoms with van der Waals surface area (Å²) >= 11 is 0. The molecular formula is C54H72N4O16. The van der Waals surface area contributed by atoms with Crippen LogP contribution in [-0.4, -0.2) is 131 Å². The minimum absolute atomic E-state index is 0.0381. The van der Waals surface area contributed by atoms with Crippen LogP contribution in [0.3, 0.4) is 0 Å². The predicted octanol–water partition coefficient (Wildman–Crippen LogP) is 6.63. The quantitative estimate of drug-likeness (QED) is 0.0421. The van der Waals surface area contributed by atoms with E-state index in [4.69, 9.17) is 28.8 Å². The maximum atomic E-state index is 13.1. The highest BCUT2D eigenvalue weighted by atomic mass is 16.6. The number of carbonyl (C=O) groups is 10. The molecule has 3 N–H and O–H groups in total. The summed E-state index contributed by atoms with van der Waals surface area (Å²) in [5, 5.41) is 12.9. The zero-order chi connectivity index (χ0) is 53.6. The second kappa shape index (κ2) is 29.4. The number of ether oxygens (including phenoxy) is 5. The Balaban J connectivity index is 0.000000276. The van der Waals surface area contributed by atoms with Crippen molar-refractivity contribution in [1.82, 2.24) is 20.4 Å². The molecule has 0 aliphatic carbocycles. The highest BCUT2D eigenvalue weighted by Gasteiger charge is 2.47. The van der Waals surface area contributed by atoms with E-state index >= 15 is 0 Å². The molecule has 2 aromatic carbocycles. The highest BCUT2D eigenvalue weighted by molar-refractivity contribution is 6.25. The first-order chi connectivity index (χ1) is 35.5. The van der Waals surface area contributed by atoms with Gasteiger partial charge in [-0.15, -0.1) is 0 Å². The molecule has 4 aliphatic heterocycles. The molecule has 0 radical (unpaired) electrons. The third-order valence-corrected chi connectivity index (χ3v) is 12.6. The molecule has 0 spiro atoms. The van der Waals surface area contributed by atoms with Crippen LogP contribution in [0.2, 0.25) is 0 Å². The number of benzene rings is 2. The molecule has 404 valence electrons.